The second-order valence-electron chi connectivity index (χ2n) is 7.60. The molecule has 0 aliphatic carbocycles. The van der Waals surface area contributed by atoms with Gasteiger partial charge in [-0.15, -0.1) is 0 Å². The van der Waals surface area contributed by atoms with Crippen molar-refractivity contribution in [2.75, 3.05) is 17.2 Å². The number of carbonyl (C=O) groups excluding carboxylic acids is 3. The van der Waals surface area contributed by atoms with E-state index < -0.39 is 48.1 Å². The number of aromatic amines is 1. The van der Waals surface area contributed by atoms with Gasteiger partial charge in [0, 0.05) is 20.3 Å². The lowest BCUT2D eigenvalue weighted by molar-refractivity contribution is -0.115. The molecule has 2 heterocycles. The number of esters is 1. The maximum Gasteiger partial charge on any atom is 0.340 e. The Morgan fingerprint density at radius 1 is 1.14 bits per heavy atom. The Labute approximate surface area is 243 Å². The molecule has 0 bridgehead atoms. The summed E-state index contributed by atoms with van der Waals surface area (Å²) in [4.78, 5) is 61.6. The molecule has 0 unspecified atom stereocenters. The predicted octanol–water partition coefficient (Wildman–Crippen LogP) is 1.91. The van der Waals surface area contributed by atoms with E-state index in [4.69, 9.17) is 9.47 Å². The van der Waals surface area contributed by atoms with Crippen molar-refractivity contribution in [2.45, 2.75) is 38.7 Å². The van der Waals surface area contributed by atoms with Gasteiger partial charge in [-0.25, -0.2) is 9.59 Å². The Balaban J connectivity index is 1.85. The number of carbonyl (C=O) groups is 3. The third-order valence-electron chi connectivity index (χ3n) is 4.94. The normalized spacial score (nSPS) is 19.1. The minimum atomic E-state index is -1.20. The fourth-order valence-electron chi connectivity index (χ4n) is 3.36. The smallest absolute Gasteiger partial charge is 0.340 e. The number of halogens is 4. The number of aliphatic hydroxyl groups is 1. The molecule has 16 heteroatoms. The number of hydrogen-bond donors (Lipinski definition) is 4. The van der Waals surface area contributed by atoms with Crippen molar-refractivity contribution in [3.63, 3.8) is 0 Å². The molecule has 1 fully saturated rings. The molecule has 1 aliphatic rings. The molecular formula is C20H18FI3N4O8. The lowest BCUT2D eigenvalue weighted by Gasteiger charge is -2.20. The maximum absolute atomic E-state index is 13.6. The summed E-state index contributed by atoms with van der Waals surface area (Å²) in [6.07, 6.45) is -2.75. The molecule has 1 aromatic carbocycles. The summed E-state index contributed by atoms with van der Waals surface area (Å²) in [5, 5.41) is 15.7. The Hall–Kier alpha value is -1.65. The zero-order chi connectivity index (χ0) is 26.9. The van der Waals surface area contributed by atoms with E-state index in [1.807, 2.05) is 72.8 Å². The molecule has 3 rings (SSSR count). The molecule has 3 atom stereocenters. The van der Waals surface area contributed by atoms with Gasteiger partial charge >= 0.3 is 11.7 Å². The number of hydrogen-bond acceptors (Lipinski definition) is 8. The Morgan fingerprint density at radius 3 is 2.22 bits per heavy atom. The maximum atomic E-state index is 13.6. The van der Waals surface area contributed by atoms with Gasteiger partial charge in [-0.05, 0) is 67.8 Å². The van der Waals surface area contributed by atoms with Crippen LogP contribution in [0.5, 0.6) is 0 Å². The van der Waals surface area contributed by atoms with Crippen molar-refractivity contribution in [3.05, 3.63) is 49.1 Å². The number of aromatic nitrogens is 2. The standard InChI is InChI=1S/C20H18FI3N4O8/c1-6(29)25-16-13(22)12(14(23)17(15(16)24)26-7(2)30)19(33)35-5-10-9(31)3-11(36-10)28-4-8(21)18(32)27-20(28)34/h4,9-11,31H,3,5H2,1-2H3,(H,25,29)(H,26,30)(H,27,32,34)/t9-,10+,11+/m0/s1. The second-order valence-corrected chi connectivity index (χ2v) is 10.8. The first-order chi connectivity index (χ1) is 16.8. The molecular weight excluding hydrogens is 824 g/mol. The number of nitrogens with zero attached hydrogens (tertiary/aromatic N) is 1. The molecule has 36 heavy (non-hydrogen) atoms. The quantitative estimate of drug-likeness (QED) is 0.253. The first-order valence-corrected chi connectivity index (χ1v) is 13.3. The van der Waals surface area contributed by atoms with E-state index in [-0.39, 0.29) is 23.8 Å². The Kier molecular flexibility index (Phi) is 9.49. The van der Waals surface area contributed by atoms with E-state index in [9.17, 15) is 33.5 Å². The lowest BCUT2D eigenvalue weighted by atomic mass is 10.1. The molecule has 194 valence electrons. The summed E-state index contributed by atoms with van der Waals surface area (Å²) in [5.41, 5.74) is -1.39. The van der Waals surface area contributed by atoms with Crippen LogP contribution in [0.4, 0.5) is 15.8 Å². The van der Waals surface area contributed by atoms with Gasteiger partial charge in [-0.1, -0.05) is 0 Å². The van der Waals surface area contributed by atoms with Crippen LogP contribution in [0.1, 0.15) is 36.9 Å². The van der Waals surface area contributed by atoms with Crippen molar-refractivity contribution in [3.8, 4) is 0 Å². The van der Waals surface area contributed by atoms with Crippen molar-refractivity contribution in [1.29, 1.82) is 0 Å². The molecule has 1 aromatic heterocycles. The number of amides is 2. The fraction of sp³-hybridized carbons (Fsp3) is 0.350. The van der Waals surface area contributed by atoms with E-state index in [0.29, 0.717) is 28.3 Å². The number of aliphatic hydroxyl groups excluding tert-OH is 1. The molecule has 2 amide bonds. The molecule has 12 nitrogen and oxygen atoms in total. The highest BCUT2D eigenvalue weighted by molar-refractivity contribution is 14.1. The molecule has 0 saturated carbocycles. The van der Waals surface area contributed by atoms with Gasteiger partial charge in [-0.2, -0.15) is 4.39 Å². The average Bonchev–Trinajstić information content (AvgIpc) is 3.15. The van der Waals surface area contributed by atoms with E-state index in [0.717, 1.165) is 4.57 Å². The van der Waals surface area contributed by atoms with E-state index in [1.165, 1.54) is 13.8 Å². The van der Waals surface area contributed by atoms with Crippen LogP contribution in [-0.2, 0) is 19.1 Å². The highest BCUT2D eigenvalue weighted by Gasteiger charge is 2.37. The Morgan fingerprint density at radius 2 is 1.69 bits per heavy atom. The topological polar surface area (TPSA) is 169 Å². The summed E-state index contributed by atoms with van der Waals surface area (Å²) in [6.45, 7) is 2.18. The number of rotatable bonds is 6. The number of nitrogens with one attached hydrogen (secondary N) is 3. The van der Waals surface area contributed by atoms with E-state index in [1.54, 1.807) is 0 Å². The highest BCUT2D eigenvalue weighted by Crippen LogP contribution is 2.39. The number of ether oxygens (including phenoxy) is 2. The van der Waals surface area contributed by atoms with Crippen LogP contribution < -0.4 is 21.9 Å². The van der Waals surface area contributed by atoms with Crippen LogP contribution >= 0.6 is 67.8 Å². The minimum Gasteiger partial charge on any atom is -0.459 e. The largest absolute Gasteiger partial charge is 0.459 e. The lowest BCUT2D eigenvalue weighted by Crippen LogP contribution is -2.34. The first-order valence-electron chi connectivity index (χ1n) is 10.1. The molecule has 4 N–H and O–H groups in total. The van der Waals surface area contributed by atoms with Gasteiger partial charge in [-0.3, -0.25) is 23.9 Å². The van der Waals surface area contributed by atoms with Gasteiger partial charge < -0.3 is 25.2 Å². The number of benzene rings is 1. The van der Waals surface area contributed by atoms with Crippen molar-refractivity contribution in [2.24, 2.45) is 0 Å². The van der Waals surface area contributed by atoms with Gasteiger partial charge in [0.05, 0.1) is 39.9 Å². The van der Waals surface area contributed by atoms with Crippen molar-refractivity contribution in [1.82, 2.24) is 9.55 Å². The summed E-state index contributed by atoms with van der Waals surface area (Å²) >= 11 is 5.71. The number of anilines is 2. The van der Waals surface area contributed by atoms with Gasteiger partial charge in [0.1, 0.15) is 18.9 Å². The predicted molar refractivity (Wildman–Crippen MR) is 149 cm³/mol. The monoisotopic (exact) mass is 842 g/mol. The summed E-state index contributed by atoms with van der Waals surface area (Å²) in [5.74, 6) is -2.79. The molecule has 1 aliphatic heterocycles. The van der Waals surface area contributed by atoms with Crippen molar-refractivity contribution >= 4 is 96.9 Å². The van der Waals surface area contributed by atoms with E-state index in [2.05, 4.69) is 10.6 Å². The minimum absolute atomic E-state index is 0.0760. The molecule has 1 saturated heterocycles. The Bertz CT molecular complexity index is 1320. The van der Waals surface area contributed by atoms with Crippen molar-refractivity contribution < 1.29 is 33.4 Å². The molecule has 2 aromatic rings. The average molecular weight is 842 g/mol. The zero-order valence-corrected chi connectivity index (χ0v) is 25.0. The van der Waals surface area contributed by atoms with Crippen LogP contribution in [0.2, 0.25) is 0 Å². The fourth-order valence-corrected chi connectivity index (χ4v) is 7.50. The molecule has 0 radical (unpaired) electrons. The van der Waals surface area contributed by atoms with E-state index >= 15 is 0 Å². The van der Waals surface area contributed by atoms with Crippen LogP contribution in [-0.4, -0.2) is 51.3 Å². The highest BCUT2D eigenvalue weighted by atomic mass is 127. The third-order valence-corrected chi connectivity index (χ3v) is 8.18. The van der Waals surface area contributed by atoms with Gasteiger partial charge in [0.2, 0.25) is 17.6 Å². The molecule has 0 spiro atoms. The van der Waals surface area contributed by atoms with Gasteiger partial charge in [0.25, 0.3) is 5.56 Å². The first kappa shape index (κ1) is 28.9. The number of H-pyrrole nitrogens is 1. The summed E-state index contributed by atoms with van der Waals surface area (Å²) in [7, 11) is 0. The van der Waals surface area contributed by atoms with Crippen LogP contribution in [0.15, 0.2) is 15.8 Å². The summed E-state index contributed by atoms with van der Waals surface area (Å²) < 4.78 is 26.6. The van der Waals surface area contributed by atoms with Crippen LogP contribution in [0.25, 0.3) is 0 Å². The second kappa shape index (κ2) is 11.8. The summed E-state index contributed by atoms with van der Waals surface area (Å²) in [6, 6.07) is 0. The van der Waals surface area contributed by atoms with Crippen LogP contribution in [0.3, 0.4) is 0 Å². The zero-order valence-electron chi connectivity index (χ0n) is 18.5. The SMILES string of the molecule is CC(=O)Nc1c(I)c(NC(C)=O)c(I)c(C(=O)OC[C@H]2O[C@@H](n3cc(F)c(=O)[nH]c3=O)C[C@@H]2O)c1I. The third kappa shape index (κ3) is 6.25. The van der Waals surface area contributed by atoms with Crippen LogP contribution in [0, 0.1) is 16.5 Å². The van der Waals surface area contributed by atoms with Gasteiger partial charge in [0.15, 0.2) is 0 Å².